The van der Waals surface area contributed by atoms with Gasteiger partial charge in [0.2, 0.25) is 0 Å². The Hall–Kier alpha value is -0.650. The quantitative estimate of drug-likeness (QED) is 0.547. The third-order valence-corrected chi connectivity index (χ3v) is 2.42. The predicted octanol–water partition coefficient (Wildman–Crippen LogP) is 0.395. The monoisotopic (exact) mass is 247 g/mol. The van der Waals surface area contributed by atoms with Crippen LogP contribution >= 0.6 is 0 Å². The Morgan fingerprint density at radius 1 is 1.35 bits per heavy atom. The summed E-state index contributed by atoms with van der Waals surface area (Å²) in [5.74, 6) is -0.376. The van der Waals surface area contributed by atoms with E-state index >= 15 is 0 Å². The third kappa shape index (κ3) is 9.09. The van der Waals surface area contributed by atoms with E-state index < -0.39 is 6.10 Å². The molecule has 0 saturated carbocycles. The maximum atomic E-state index is 11.2. The minimum atomic E-state index is -0.725. The molecule has 5 heteroatoms. The van der Waals surface area contributed by atoms with Crippen molar-refractivity contribution in [3.8, 4) is 0 Å². The smallest absolute Gasteiger partial charge is 0.308 e. The summed E-state index contributed by atoms with van der Waals surface area (Å²) in [6.45, 7) is 5.99. The first-order valence-electron chi connectivity index (χ1n) is 6.30. The third-order valence-electron chi connectivity index (χ3n) is 2.42. The lowest BCUT2D eigenvalue weighted by Gasteiger charge is -2.23. The van der Waals surface area contributed by atoms with Gasteiger partial charge in [0.25, 0.3) is 0 Å². The molecule has 17 heavy (non-hydrogen) atoms. The van der Waals surface area contributed by atoms with Gasteiger partial charge < -0.3 is 14.9 Å². The SMILES string of the molecule is CCCCN(CCO)CC(O)CC(=O)OCC. The molecule has 1 atom stereocenters. The van der Waals surface area contributed by atoms with E-state index in [1.54, 1.807) is 6.92 Å². The Morgan fingerprint density at radius 3 is 2.59 bits per heavy atom. The number of rotatable bonds is 10. The molecule has 0 fully saturated rings. The van der Waals surface area contributed by atoms with Crippen LogP contribution in [0.15, 0.2) is 0 Å². The molecule has 0 aliphatic carbocycles. The molecule has 0 aromatic rings. The van der Waals surface area contributed by atoms with Crippen molar-refractivity contribution in [2.24, 2.45) is 0 Å². The van der Waals surface area contributed by atoms with Crippen LogP contribution in [0.2, 0.25) is 0 Å². The molecule has 0 aromatic heterocycles. The van der Waals surface area contributed by atoms with Gasteiger partial charge in [0, 0.05) is 13.1 Å². The number of ether oxygens (including phenoxy) is 1. The van der Waals surface area contributed by atoms with Gasteiger partial charge in [-0.05, 0) is 19.9 Å². The molecule has 0 aliphatic heterocycles. The molecule has 0 radical (unpaired) electrons. The van der Waals surface area contributed by atoms with Crippen LogP contribution in [0, 0.1) is 0 Å². The summed E-state index contributed by atoms with van der Waals surface area (Å²) >= 11 is 0. The number of aliphatic hydroxyl groups is 2. The first-order valence-corrected chi connectivity index (χ1v) is 6.30. The van der Waals surface area contributed by atoms with Crippen molar-refractivity contribution >= 4 is 5.97 Å². The van der Waals surface area contributed by atoms with Crippen molar-refractivity contribution in [1.29, 1.82) is 0 Å². The molecule has 0 aromatic carbocycles. The summed E-state index contributed by atoms with van der Waals surface area (Å²) in [5.41, 5.74) is 0. The van der Waals surface area contributed by atoms with Gasteiger partial charge >= 0.3 is 5.97 Å². The van der Waals surface area contributed by atoms with Crippen LogP contribution in [-0.2, 0) is 9.53 Å². The number of esters is 1. The van der Waals surface area contributed by atoms with Crippen LogP contribution in [0.5, 0.6) is 0 Å². The average Bonchev–Trinajstić information content (AvgIpc) is 2.26. The zero-order valence-electron chi connectivity index (χ0n) is 10.9. The molecular formula is C12H25NO4. The van der Waals surface area contributed by atoms with Gasteiger partial charge in [-0.2, -0.15) is 0 Å². The highest BCUT2D eigenvalue weighted by molar-refractivity contribution is 5.69. The van der Waals surface area contributed by atoms with E-state index in [2.05, 4.69) is 6.92 Å². The second-order valence-corrected chi connectivity index (χ2v) is 4.04. The molecule has 0 saturated heterocycles. The largest absolute Gasteiger partial charge is 0.466 e. The first kappa shape index (κ1) is 16.4. The molecule has 0 aliphatic rings. The molecule has 2 N–H and O–H groups in total. The van der Waals surface area contributed by atoms with Gasteiger partial charge in [-0.1, -0.05) is 13.3 Å². The molecule has 0 spiro atoms. The molecule has 0 bridgehead atoms. The lowest BCUT2D eigenvalue weighted by atomic mass is 10.2. The second kappa shape index (κ2) is 10.5. The molecule has 1 unspecified atom stereocenters. The van der Waals surface area contributed by atoms with Crippen molar-refractivity contribution in [2.75, 3.05) is 32.8 Å². The van der Waals surface area contributed by atoms with Crippen LogP contribution in [0.25, 0.3) is 0 Å². The van der Waals surface area contributed by atoms with Crippen LogP contribution in [-0.4, -0.2) is 60.0 Å². The predicted molar refractivity (Wildman–Crippen MR) is 65.7 cm³/mol. The van der Waals surface area contributed by atoms with Gasteiger partial charge in [0.15, 0.2) is 0 Å². The normalized spacial score (nSPS) is 12.8. The summed E-state index contributed by atoms with van der Waals surface area (Å²) in [4.78, 5) is 13.1. The van der Waals surface area contributed by atoms with Crippen molar-refractivity contribution in [2.45, 2.75) is 39.2 Å². The molecule has 0 heterocycles. The highest BCUT2D eigenvalue weighted by Crippen LogP contribution is 2.01. The Bertz CT molecular complexity index is 199. The van der Waals surface area contributed by atoms with Gasteiger partial charge in [-0.15, -0.1) is 0 Å². The Labute approximate surface area is 103 Å². The van der Waals surface area contributed by atoms with Gasteiger partial charge in [-0.25, -0.2) is 0 Å². The highest BCUT2D eigenvalue weighted by atomic mass is 16.5. The van der Waals surface area contributed by atoms with E-state index in [1.807, 2.05) is 4.90 Å². The van der Waals surface area contributed by atoms with Crippen LogP contribution in [0.3, 0.4) is 0 Å². The van der Waals surface area contributed by atoms with E-state index in [9.17, 15) is 9.90 Å². The fraction of sp³-hybridized carbons (Fsp3) is 0.917. The second-order valence-electron chi connectivity index (χ2n) is 4.04. The standard InChI is InChI=1S/C12H25NO4/c1-3-5-6-13(7-8-14)10-11(15)9-12(16)17-4-2/h11,14-15H,3-10H2,1-2H3. The Balaban J connectivity index is 3.92. The van der Waals surface area contributed by atoms with Gasteiger partial charge in [0.1, 0.15) is 0 Å². The van der Waals surface area contributed by atoms with E-state index in [-0.39, 0.29) is 19.0 Å². The van der Waals surface area contributed by atoms with Crippen molar-refractivity contribution in [1.82, 2.24) is 4.90 Å². The van der Waals surface area contributed by atoms with Crippen molar-refractivity contribution in [3.05, 3.63) is 0 Å². The summed E-state index contributed by atoms with van der Waals surface area (Å²) < 4.78 is 4.77. The summed E-state index contributed by atoms with van der Waals surface area (Å²) in [6.07, 6.45) is 1.38. The van der Waals surface area contributed by atoms with Crippen molar-refractivity contribution in [3.63, 3.8) is 0 Å². The maximum absolute atomic E-state index is 11.2. The van der Waals surface area contributed by atoms with E-state index in [0.29, 0.717) is 19.7 Å². The number of hydrogen-bond donors (Lipinski definition) is 2. The van der Waals surface area contributed by atoms with Gasteiger partial charge in [-0.3, -0.25) is 9.69 Å². The average molecular weight is 247 g/mol. The van der Waals surface area contributed by atoms with Gasteiger partial charge in [0.05, 0.1) is 25.7 Å². The van der Waals surface area contributed by atoms with Crippen LogP contribution in [0.1, 0.15) is 33.1 Å². The minimum Gasteiger partial charge on any atom is -0.466 e. The van der Waals surface area contributed by atoms with Crippen LogP contribution in [0.4, 0.5) is 0 Å². The lowest BCUT2D eigenvalue weighted by molar-refractivity contribution is -0.145. The molecule has 102 valence electrons. The fourth-order valence-electron chi connectivity index (χ4n) is 1.59. The zero-order valence-corrected chi connectivity index (χ0v) is 10.9. The number of carbonyl (C=O) groups is 1. The fourth-order valence-corrected chi connectivity index (χ4v) is 1.59. The van der Waals surface area contributed by atoms with Crippen molar-refractivity contribution < 1.29 is 19.7 Å². The van der Waals surface area contributed by atoms with Crippen LogP contribution < -0.4 is 0 Å². The molecule has 0 rings (SSSR count). The number of hydrogen-bond acceptors (Lipinski definition) is 5. The topological polar surface area (TPSA) is 70.0 Å². The Kier molecular flexibility index (Phi) is 10.1. The lowest BCUT2D eigenvalue weighted by Crippen LogP contribution is -2.36. The summed E-state index contributed by atoms with van der Waals surface area (Å²) in [7, 11) is 0. The summed E-state index contributed by atoms with van der Waals surface area (Å²) in [5, 5.41) is 18.6. The number of unbranched alkanes of at least 4 members (excludes halogenated alkanes) is 1. The minimum absolute atomic E-state index is 0.0158. The van der Waals surface area contributed by atoms with E-state index in [0.717, 1.165) is 19.4 Å². The number of aliphatic hydroxyl groups excluding tert-OH is 2. The van der Waals surface area contributed by atoms with E-state index in [4.69, 9.17) is 9.84 Å². The zero-order chi connectivity index (χ0) is 13.1. The van der Waals surface area contributed by atoms with E-state index in [1.165, 1.54) is 0 Å². The Morgan fingerprint density at radius 2 is 2.06 bits per heavy atom. The summed E-state index contributed by atoms with van der Waals surface area (Å²) in [6, 6.07) is 0. The number of nitrogens with zero attached hydrogens (tertiary/aromatic N) is 1. The number of carbonyl (C=O) groups excluding carboxylic acids is 1. The molecule has 5 nitrogen and oxygen atoms in total. The highest BCUT2D eigenvalue weighted by Gasteiger charge is 2.15. The molecule has 0 amide bonds. The first-order chi connectivity index (χ1) is 8.13. The maximum Gasteiger partial charge on any atom is 0.308 e. The molecular weight excluding hydrogens is 222 g/mol.